The van der Waals surface area contributed by atoms with E-state index in [2.05, 4.69) is 10.6 Å². The molecule has 1 saturated carbocycles. The smallest absolute Gasteiger partial charge is 0.319 e. The summed E-state index contributed by atoms with van der Waals surface area (Å²) in [4.78, 5) is 23.5. The summed E-state index contributed by atoms with van der Waals surface area (Å²) in [6.07, 6.45) is 2.05. The lowest BCUT2D eigenvalue weighted by atomic mass is 10.1. The van der Waals surface area contributed by atoms with E-state index in [1.165, 1.54) is 0 Å². The molecule has 136 valence electrons. The second kappa shape index (κ2) is 7.47. The van der Waals surface area contributed by atoms with E-state index in [9.17, 15) is 9.59 Å². The van der Waals surface area contributed by atoms with Crippen molar-refractivity contribution < 1.29 is 14.3 Å². The van der Waals surface area contributed by atoms with E-state index < -0.39 is 5.91 Å². The van der Waals surface area contributed by atoms with Crippen LogP contribution in [0.15, 0.2) is 48.5 Å². The molecular weight excluding hydrogens is 330 g/mol. The maximum atomic E-state index is 12.2. The summed E-state index contributed by atoms with van der Waals surface area (Å²) in [6.45, 7) is 2.98. The molecule has 6 nitrogen and oxygen atoms in total. The minimum absolute atomic E-state index is 0.00268. The average molecular weight is 353 g/mol. The fourth-order valence-corrected chi connectivity index (χ4v) is 2.65. The Morgan fingerprint density at radius 3 is 2.54 bits per heavy atom. The van der Waals surface area contributed by atoms with Crippen molar-refractivity contribution >= 4 is 17.6 Å². The number of rotatable bonds is 7. The van der Waals surface area contributed by atoms with Gasteiger partial charge in [0.05, 0.1) is 6.61 Å². The summed E-state index contributed by atoms with van der Waals surface area (Å²) in [6, 6.07) is 14.3. The van der Waals surface area contributed by atoms with Gasteiger partial charge in [0, 0.05) is 23.2 Å². The van der Waals surface area contributed by atoms with Crippen LogP contribution in [-0.2, 0) is 0 Å². The number of anilines is 1. The topological polar surface area (TPSA) is 93.5 Å². The highest BCUT2D eigenvalue weighted by Crippen LogP contribution is 2.45. The number of aryl methyl sites for hydroxylation is 1. The Hall–Kier alpha value is -3.02. The monoisotopic (exact) mass is 353 g/mol. The molecule has 0 atom stereocenters. The van der Waals surface area contributed by atoms with E-state index in [0.717, 1.165) is 24.2 Å². The van der Waals surface area contributed by atoms with Crippen LogP contribution >= 0.6 is 0 Å². The largest absolute Gasteiger partial charge is 0.493 e. The van der Waals surface area contributed by atoms with Crippen LogP contribution < -0.4 is 21.1 Å². The van der Waals surface area contributed by atoms with Gasteiger partial charge in [0.15, 0.2) is 0 Å². The van der Waals surface area contributed by atoms with Gasteiger partial charge in [-0.2, -0.15) is 0 Å². The highest BCUT2D eigenvalue weighted by atomic mass is 16.5. The molecule has 26 heavy (non-hydrogen) atoms. The molecule has 0 spiro atoms. The van der Waals surface area contributed by atoms with E-state index in [1.807, 2.05) is 37.3 Å². The maximum absolute atomic E-state index is 12.2. The lowest BCUT2D eigenvalue weighted by molar-refractivity contribution is 0.1000. The second-order valence-electron chi connectivity index (χ2n) is 6.80. The van der Waals surface area contributed by atoms with E-state index in [1.54, 1.807) is 18.2 Å². The third kappa shape index (κ3) is 4.53. The highest BCUT2D eigenvalue weighted by molar-refractivity contribution is 5.96. The molecule has 2 aromatic carbocycles. The average Bonchev–Trinajstić information content (AvgIpc) is 3.41. The summed E-state index contributed by atoms with van der Waals surface area (Å²) >= 11 is 0. The summed E-state index contributed by atoms with van der Waals surface area (Å²) in [5.41, 5.74) is 7.08. The van der Waals surface area contributed by atoms with Crippen molar-refractivity contribution in [3.8, 4) is 5.75 Å². The standard InChI is InChI=1S/C20H23N3O3/c1-14-7-8-15(18(21)24)11-17(14)23-19(25)22-12-20(9-10-20)13-26-16-5-3-2-4-6-16/h2-8,11H,9-10,12-13H2,1H3,(H2,21,24)(H2,22,23,25). The molecule has 0 saturated heterocycles. The minimum Gasteiger partial charge on any atom is -0.493 e. The molecule has 0 bridgehead atoms. The molecule has 6 heteroatoms. The molecule has 1 aliphatic rings. The number of nitrogens with one attached hydrogen (secondary N) is 2. The normalized spacial score (nSPS) is 14.3. The molecule has 1 aliphatic carbocycles. The van der Waals surface area contributed by atoms with Gasteiger partial charge in [-0.15, -0.1) is 0 Å². The van der Waals surface area contributed by atoms with Crippen LogP contribution in [-0.4, -0.2) is 25.1 Å². The first-order chi connectivity index (χ1) is 12.5. The first kappa shape index (κ1) is 17.8. The Morgan fingerprint density at radius 2 is 1.88 bits per heavy atom. The lowest BCUT2D eigenvalue weighted by Crippen LogP contribution is -2.36. The summed E-state index contributed by atoms with van der Waals surface area (Å²) in [5, 5.41) is 5.68. The van der Waals surface area contributed by atoms with Crippen molar-refractivity contribution in [1.29, 1.82) is 0 Å². The van der Waals surface area contributed by atoms with Crippen molar-refractivity contribution in [3.05, 3.63) is 59.7 Å². The molecule has 0 radical (unpaired) electrons. The van der Waals surface area contributed by atoms with Crippen molar-refractivity contribution in [2.75, 3.05) is 18.5 Å². The molecule has 3 rings (SSSR count). The zero-order valence-corrected chi connectivity index (χ0v) is 14.7. The molecule has 0 unspecified atom stereocenters. The SMILES string of the molecule is Cc1ccc(C(N)=O)cc1NC(=O)NCC1(COc2ccccc2)CC1. The van der Waals surface area contributed by atoms with Crippen molar-refractivity contribution in [2.45, 2.75) is 19.8 Å². The number of urea groups is 1. The Bertz CT molecular complexity index is 801. The van der Waals surface area contributed by atoms with Gasteiger partial charge in [0.1, 0.15) is 5.75 Å². The van der Waals surface area contributed by atoms with Crippen LogP contribution in [0.5, 0.6) is 5.75 Å². The number of nitrogens with two attached hydrogens (primary N) is 1. The number of para-hydroxylation sites is 1. The fourth-order valence-electron chi connectivity index (χ4n) is 2.65. The first-order valence-corrected chi connectivity index (χ1v) is 8.61. The van der Waals surface area contributed by atoms with E-state index in [4.69, 9.17) is 10.5 Å². The molecular formula is C20H23N3O3. The number of primary amides is 1. The fraction of sp³-hybridized carbons (Fsp3) is 0.300. The van der Waals surface area contributed by atoms with Crippen LogP contribution in [0.25, 0.3) is 0 Å². The van der Waals surface area contributed by atoms with E-state index in [-0.39, 0.29) is 11.4 Å². The molecule has 0 aliphatic heterocycles. The van der Waals surface area contributed by atoms with Gasteiger partial charge >= 0.3 is 6.03 Å². The zero-order valence-electron chi connectivity index (χ0n) is 14.7. The van der Waals surface area contributed by atoms with Crippen LogP contribution in [0.3, 0.4) is 0 Å². The van der Waals surface area contributed by atoms with Gasteiger partial charge in [-0.3, -0.25) is 4.79 Å². The Labute approximate surface area is 152 Å². The molecule has 1 fully saturated rings. The van der Waals surface area contributed by atoms with Crippen LogP contribution in [0.4, 0.5) is 10.5 Å². The van der Waals surface area contributed by atoms with Crippen LogP contribution in [0, 0.1) is 12.3 Å². The van der Waals surface area contributed by atoms with Gasteiger partial charge in [0.2, 0.25) is 5.91 Å². The van der Waals surface area contributed by atoms with Crippen LogP contribution in [0.2, 0.25) is 0 Å². The number of ether oxygens (including phenoxy) is 1. The highest BCUT2D eigenvalue weighted by Gasteiger charge is 2.43. The Morgan fingerprint density at radius 1 is 1.15 bits per heavy atom. The summed E-state index contributed by atoms with van der Waals surface area (Å²) in [7, 11) is 0. The molecule has 0 heterocycles. The summed E-state index contributed by atoms with van der Waals surface area (Å²) < 4.78 is 5.82. The van der Waals surface area contributed by atoms with Crippen LogP contribution in [0.1, 0.15) is 28.8 Å². The van der Waals surface area contributed by atoms with Gasteiger partial charge in [-0.1, -0.05) is 24.3 Å². The van der Waals surface area contributed by atoms with E-state index in [0.29, 0.717) is 24.4 Å². The van der Waals surface area contributed by atoms with Crippen molar-refractivity contribution in [3.63, 3.8) is 0 Å². The predicted octanol–water partition coefficient (Wildman–Crippen LogP) is 3.07. The quantitative estimate of drug-likeness (QED) is 0.714. The Balaban J connectivity index is 1.51. The van der Waals surface area contributed by atoms with E-state index >= 15 is 0 Å². The first-order valence-electron chi connectivity index (χ1n) is 8.61. The summed E-state index contributed by atoms with van der Waals surface area (Å²) in [5.74, 6) is 0.311. The van der Waals surface area contributed by atoms with Gasteiger partial charge in [-0.05, 0) is 49.6 Å². The maximum Gasteiger partial charge on any atom is 0.319 e. The number of amides is 3. The molecule has 3 amide bonds. The number of hydrogen-bond acceptors (Lipinski definition) is 3. The molecule has 0 aromatic heterocycles. The van der Waals surface area contributed by atoms with Gasteiger partial charge < -0.3 is 21.1 Å². The van der Waals surface area contributed by atoms with Crippen molar-refractivity contribution in [1.82, 2.24) is 5.32 Å². The third-order valence-corrected chi connectivity index (χ3v) is 4.64. The number of carbonyl (C=O) groups excluding carboxylic acids is 2. The van der Waals surface area contributed by atoms with Gasteiger partial charge in [0.25, 0.3) is 0 Å². The molecule has 2 aromatic rings. The minimum atomic E-state index is -0.525. The third-order valence-electron chi connectivity index (χ3n) is 4.64. The van der Waals surface area contributed by atoms with Gasteiger partial charge in [-0.25, -0.2) is 4.79 Å². The predicted molar refractivity (Wildman–Crippen MR) is 100 cm³/mol. The van der Waals surface area contributed by atoms with Crippen molar-refractivity contribution in [2.24, 2.45) is 11.1 Å². The molecule has 4 N–H and O–H groups in total. The number of carbonyl (C=O) groups is 2. The lowest BCUT2D eigenvalue weighted by Gasteiger charge is -2.18. The Kier molecular flexibility index (Phi) is 5.11. The number of benzene rings is 2. The second-order valence-corrected chi connectivity index (χ2v) is 6.80. The number of hydrogen-bond donors (Lipinski definition) is 3. The zero-order chi connectivity index (χ0) is 18.6.